The van der Waals surface area contributed by atoms with Gasteiger partial charge in [-0.15, -0.1) is 0 Å². The Balaban J connectivity index is 1.68. The van der Waals surface area contributed by atoms with Crippen LogP contribution in [-0.4, -0.2) is 16.2 Å². The molecule has 0 aliphatic carbocycles. The molecule has 9 heteroatoms. The molecule has 1 N–H and O–H groups in total. The highest BCUT2D eigenvalue weighted by atomic mass is 35.5. The van der Waals surface area contributed by atoms with Crippen LogP contribution in [0.5, 0.6) is 5.75 Å². The molecule has 37 heavy (non-hydrogen) atoms. The zero-order chi connectivity index (χ0) is 28.4. The summed E-state index contributed by atoms with van der Waals surface area (Å²) < 4.78 is 43.4. The van der Waals surface area contributed by atoms with Gasteiger partial charge in [-0.1, -0.05) is 84.1 Å². The minimum absolute atomic E-state index is 0.0140. The molecule has 0 spiro atoms. The highest BCUT2D eigenvalue weighted by Gasteiger charge is 2.24. The molecule has 0 saturated carbocycles. The molecule has 0 aliphatic heterocycles. The SMILES string of the molecule is [2H]/C(=C\c1cc(F)c(OC([2H])c2c(-c3c(Cl)cccc3Cl)noc2C(C)C)cc1Cl)c1cccc(C(=O)O)c1. The van der Waals surface area contributed by atoms with E-state index in [0.29, 0.717) is 26.9 Å². The maximum atomic E-state index is 15.1. The molecular formula is C28H21Cl3FNO4. The Morgan fingerprint density at radius 2 is 1.86 bits per heavy atom. The van der Waals surface area contributed by atoms with Crippen molar-refractivity contribution in [1.82, 2.24) is 5.16 Å². The molecule has 5 nitrogen and oxygen atoms in total. The van der Waals surface area contributed by atoms with E-state index < -0.39 is 18.4 Å². The van der Waals surface area contributed by atoms with Crippen LogP contribution in [0.15, 0.2) is 59.1 Å². The monoisotopic (exact) mass is 561 g/mol. The second-order valence-electron chi connectivity index (χ2n) is 8.27. The molecule has 0 amide bonds. The Morgan fingerprint density at radius 3 is 2.54 bits per heavy atom. The van der Waals surface area contributed by atoms with Crippen molar-refractivity contribution < 1.29 is 26.3 Å². The van der Waals surface area contributed by atoms with Crippen LogP contribution < -0.4 is 4.74 Å². The van der Waals surface area contributed by atoms with Gasteiger partial charge in [0.1, 0.15) is 18.0 Å². The lowest BCUT2D eigenvalue weighted by Gasteiger charge is -2.12. The van der Waals surface area contributed by atoms with E-state index >= 15 is 4.39 Å². The summed E-state index contributed by atoms with van der Waals surface area (Å²) in [6.45, 7) is 2.21. The number of carbonyl (C=O) groups is 1. The van der Waals surface area contributed by atoms with Gasteiger partial charge in [-0.25, -0.2) is 9.18 Å². The summed E-state index contributed by atoms with van der Waals surface area (Å²) in [5.41, 5.74) is 1.32. The number of carboxylic acids is 1. The third kappa shape index (κ3) is 5.99. The number of aromatic carboxylic acids is 1. The standard InChI is InChI=1S/C28H21Cl3FNO4/c1-15(2)27-19(26(33-37-27)25-20(29)7-4-8-21(25)30)14-36-24-13-22(31)17(12-23(24)32)10-9-16-5-3-6-18(11-16)28(34)35/h3-13,15H,14H2,1-2H3,(H,34,35)/b10-9+/i9D,14D. The fourth-order valence-electron chi connectivity index (χ4n) is 3.51. The van der Waals surface area contributed by atoms with Crippen LogP contribution in [0, 0.1) is 5.82 Å². The average molecular weight is 563 g/mol. The average Bonchev–Trinajstić information content (AvgIpc) is 3.32. The molecular weight excluding hydrogens is 540 g/mol. The first-order chi connectivity index (χ1) is 18.5. The Labute approximate surface area is 230 Å². The normalized spacial score (nSPS) is 13.3. The van der Waals surface area contributed by atoms with E-state index in [-0.39, 0.29) is 45.1 Å². The Hall–Kier alpha value is -3.32. The maximum Gasteiger partial charge on any atom is 0.335 e. The third-order valence-corrected chi connectivity index (χ3v) is 6.30. The van der Waals surface area contributed by atoms with Crippen molar-refractivity contribution in [3.63, 3.8) is 0 Å². The van der Waals surface area contributed by atoms with Crippen molar-refractivity contribution >= 4 is 52.9 Å². The van der Waals surface area contributed by atoms with Crippen LogP contribution in [0.1, 0.15) is 55.3 Å². The molecule has 1 atom stereocenters. The van der Waals surface area contributed by atoms with Crippen molar-refractivity contribution in [2.45, 2.75) is 26.3 Å². The van der Waals surface area contributed by atoms with Gasteiger partial charge < -0.3 is 14.4 Å². The zero-order valence-electron chi connectivity index (χ0n) is 21.6. The molecule has 0 radical (unpaired) electrons. The van der Waals surface area contributed by atoms with Crippen LogP contribution in [0.4, 0.5) is 4.39 Å². The maximum absolute atomic E-state index is 15.1. The summed E-state index contributed by atoms with van der Waals surface area (Å²) in [5.74, 6) is -2.09. The summed E-state index contributed by atoms with van der Waals surface area (Å²) >= 11 is 19.1. The van der Waals surface area contributed by atoms with Gasteiger partial charge in [-0.3, -0.25) is 0 Å². The van der Waals surface area contributed by atoms with Gasteiger partial charge >= 0.3 is 5.97 Å². The summed E-state index contributed by atoms with van der Waals surface area (Å²) in [6, 6.07) is 12.9. The summed E-state index contributed by atoms with van der Waals surface area (Å²) in [4.78, 5) is 11.2. The topological polar surface area (TPSA) is 72.6 Å². The first kappa shape index (κ1) is 24.0. The van der Waals surface area contributed by atoms with Crippen molar-refractivity contribution in [1.29, 1.82) is 0 Å². The first-order valence-electron chi connectivity index (χ1n) is 12.1. The minimum atomic E-state index is -1.48. The van der Waals surface area contributed by atoms with Crippen molar-refractivity contribution in [2.24, 2.45) is 0 Å². The lowest BCUT2D eigenvalue weighted by Crippen LogP contribution is -2.03. The molecule has 0 aliphatic rings. The molecule has 1 aromatic heterocycles. The molecule has 1 heterocycles. The molecule has 3 aromatic carbocycles. The fraction of sp³-hybridized carbons (Fsp3) is 0.143. The van der Waals surface area contributed by atoms with Crippen LogP contribution in [-0.2, 0) is 6.58 Å². The van der Waals surface area contributed by atoms with Crippen LogP contribution >= 0.6 is 34.8 Å². The van der Waals surface area contributed by atoms with E-state index in [2.05, 4.69) is 5.16 Å². The first-order valence-corrected chi connectivity index (χ1v) is 12.1. The number of nitrogens with zero attached hydrogens (tertiary/aromatic N) is 1. The lowest BCUT2D eigenvalue weighted by molar-refractivity contribution is 0.0697. The number of aromatic nitrogens is 1. The van der Waals surface area contributed by atoms with Gasteiger partial charge in [0.05, 0.1) is 28.9 Å². The highest BCUT2D eigenvalue weighted by molar-refractivity contribution is 6.39. The Kier molecular flexibility index (Phi) is 7.40. The third-order valence-electron chi connectivity index (χ3n) is 5.34. The molecule has 0 bridgehead atoms. The number of hydrogen-bond acceptors (Lipinski definition) is 4. The number of rotatable bonds is 8. The molecule has 1 unspecified atom stereocenters. The highest BCUT2D eigenvalue weighted by Crippen LogP contribution is 2.39. The van der Waals surface area contributed by atoms with Crippen molar-refractivity contribution in [3.05, 3.63) is 103 Å². The van der Waals surface area contributed by atoms with Crippen LogP contribution in [0.3, 0.4) is 0 Å². The summed E-state index contributed by atoms with van der Waals surface area (Å²) in [7, 11) is 0. The number of hydrogen-bond donors (Lipinski definition) is 1. The van der Waals surface area contributed by atoms with Gasteiger partial charge in [-0.05, 0) is 41.5 Å². The molecule has 4 rings (SSSR count). The van der Waals surface area contributed by atoms with Crippen molar-refractivity contribution in [3.8, 4) is 17.0 Å². The van der Waals surface area contributed by atoms with Gasteiger partial charge in [0.2, 0.25) is 0 Å². The van der Waals surface area contributed by atoms with Gasteiger partial charge in [0.15, 0.2) is 11.6 Å². The van der Waals surface area contributed by atoms with Gasteiger partial charge in [-0.2, -0.15) is 0 Å². The van der Waals surface area contributed by atoms with E-state index in [1.54, 1.807) is 24.3 Å². The van der Waals surface area contributed by atoms with Crippen molar-refractivity contribution in [2.75, 3.05) is 0 Å². The zero-order valence-corrected chi connectivity index (χ0v) is 21.8. The summed E-state index contributed by atoms with van der Waals surface area (Å²) in [5, 5.41) is 13.9. The largest absolute Gasteiger partial charge is 0.486 e. The number of halogens is 4. The predicted molar refractivity (Wildman–Crippen MR) is 144 cm³/mol. The van der Waals surface area contributed by atoms with Gasteiger partial charge in [0, 0.05) is 17.5 Å². The lowest BCUT2D eigenvalue weighted by atomic mass is 10.0. The van der Waals surface area contributed by atoms with E-state index in [9.17, 15) is 9.90 Å². The minimum Gasteiger partial charge on any atom is -0.486 e. The quantitative estimate of drug-likeness (QED) is 0.217. The number of carboxylic acid groups (broad SMARTS) is 1. The smallest absolute Gasteiger partial charge is 0.335 e. The second-order valence-corrected chi connectivity index (χ2v) is 9.50. The fourth-order valence-corrected chi connectivity index (χ4v) is 4.30. The molecule has 0 saturated heterocycles. The van der Waals surface area contributed by atoms with Crippen LogP contribution in [0.2, 0.25) is 15.1 Å². The van der Waals surface area contributed by atoms with E-state index in [0.717, 1.165) is 6.07 Å². The van der Waals surface area contributed by atoms with E-state index in [1.165, 1.54) is 30.3 Å². The summed E-state index contributed by atoms with van der Waals surface area (Å²) in [6.07, 6.45) is 1.31. The van der Waals surface area contributed by atoms with Gasteiger partial charge in [0.25, 0.3) is 0 Å². The Morgan fingerprint density at radius 1 is 1.16 bits per heavy atom. The van der Waals surface area contributed by atoms with Crippen LogP contribution in [0.25, 0.3) is 23.4 Å². The number of benzene rings is 3. The Bertz CT molecular complexity index is 1570. The second kappa shape index (κ2) is 11.4. The molecule has 190 valence electrons. The predicted octanol–water partition coefficient (Wildman–Crippen LogP) is 9.01. The number of ether oxygens (including phenoxy) is 1. The van der Waals surface area contributed by atoms with E-state index in [4.69, 9.17) is 46.8 Å². The van der Waals surface area contributed by atoms with E-state index in [1.807, 2.05) is 13.8 Å². The molecule has 0 fully saturated rings. The molecule has 4 aromatic rings.